The summed E-state index contributed by atoms with van der Waals surface area (Å²) in [6, 6.07) is 13.5. The Balaban J connectivity index is 1.61. The van der Waals surface area contributed by atoms with Gasteiger partial charge in [0.2, 0.25) is 0 Å². The Morgan fingerprint density at radius 3 is 2.47 bits per heavy atom. The average molecular weight is 519 g/mol. The van der Waals surface area contributed by atoms with E-state index in [2.05, 4.69) is 18.7 Å². The second kappa shape index (κ2) is 9.82. The number of fused-ring (bicyclic) bond motifs is 1. The van der Waals surface area contributed by atoms with Gasteiger partial charge in [0.25, 0.3) is 11.5 Å². The summed E-state index contributed by atoms with van der Waals surface area (Å²) in [6.45, 7) is 10.0. The van der Waals surface area contributed by atoms with Crippen LogP contribution in [-0.2, 0) is 4.79 Å². The lowest BCUT2D eigenvalue weighted by atomic mass is 9.91. The summed E-state index contributed by atoms with van der Waals surface area (Å²) in [6.07, 6.45) is 4.66. The molecule has 3 atom stereocenters. The molecule has 6 nitrogen and oxygen atoms in total. The van der Waals surface area contributed by atoms with Crippen molar-refractivity contribution in [2.24, 2.45) is 11.8 Å². The van der Waals surface area contributed by atoms with Crippen LogP contribution in [0.4, 0.5) is 5.82 Å². The van der Waals surface area contributed by atoms with Crippen LogP contribution >= 0.6 is 24.0 Å². The molecule has 4 heterocycles. The number of benzene rings is 1. The molecule has 2 aliphatic heterocycles. The fourth-order valence-corrected chi connectivity index (χ4v) is 6.68. The molecule has 2 aromatic heterocycles. The number of aromatic nitrogens is 2. The number of rotatable bonds is 4. The number of nitrogens with zero attached hydrogens (tertiary/aromatic N) is 4. The Morgan fingerprint density at radius 1 is 1.08 bits per heavy atom. The molecule has 5 rings (SSSR count). The Hall–Kier alpha value is -2.97. The maximum atomic E-state index is 13.8. The monoisotopic (exact) mass is 518 g/mol. The topological polar surface area (TPSA) is 57.9 Å². The van der Waals surface area contributed by atoms with E-state index in [4.69, 9.17) is 17.2 Å². The predicted octanol–water partition coefficient (Wildman–Crippen LogP) is 5.45. The first-order valence-electron chi connectivity index (χ1n) is 12.3. The molecule has 0 bridgehead atoms. The van der Waals surface area contributed by atoms with Gasteiger partial charge in [-0.1, -0.05) is 74.2 Å². The van der Waals surface area contributed by atoms with Gasteiger partial charge in [0.1, 0.15) is 15.8 Å². The fourth-order valence-electron chi connectivity index (χ4n) is 5.28. The van der Waals surface area contributed by atoms with Crippen molar-refractivity contribution in [2.45, 2.75) is 40.2 Å². The zero-order valence-electron chi connectivity index (χ0n) is 21.0. The zero-order chi connectivity index (χ0) is 25.6. The van der Waals surface area contributed by atoms with Crippen molar-refractivity contribution in [1.29, 1.82) is 0 Å². The largest absolute Gasteiger partial charge is 0.355 e. The van der Waals surface area contributed by atoms with E-state index in [-0.39, 0.29) is 17.5 Å². The standard InChI is InChI=1S/C28H30N4O2S2/c1-17-10-11-24-29-25(30-14-18(2)12-19(3)15-30)22(26(33)31(24)16-17)13-23-27(34)32(28(35)36-23)20(4)21-8-6-5-7-9-21/h5-11,13,16,18-20H,12,14-15H2,1-4H3/b23-13-/t18-,19+,20-/m0/s1. The molecule has 2 aliphatic rings. The number of pyridine rings is 1. The Morgan fingerprint density at radius 2 is 1.78 bits per heavy atom. The molecule has 3 aromatic rings. The van der Waals surface area contributed by atoms with Crippen molar-refractivity contribution >= 4 is 51.7 Å². The van der Waals surface area contributed by atoms with Gasteiger partial charge >= 0.3 is 0 Å². The molecule has 2 saturated heterocycles. The number of piperidine rings is 1. The number of carbonyl (C=O) groups is 1. The van der Waals surface area contributed by atoms with Crippen LogP contribution in [0.25, 0.3) is 11.7 Å². The van der Waals surface area contributed by atoms with Crippen molar-refractivity contribution < 1.29 is 4.79 Å². The number of aryl methyl sites for hydroxylation is 1. The normalized spacial score (nSPS) is 22.6. The minimum absolute atomic E-state index is 0.175. The second-order valence-electron chi connectivity index (χ2n) is 10.1. The van der Waals surface area contributed by atoms with Gasteiger partial charge in [0.05, 0.1) is 16.5 Å². The molecule has 36 heavy (non-hydrogen) atoms. The second-order valence-corrected chi connectivity index (χ2v) is 11.8. The summed E-state index contributed by atoms with van der Waals surface area (Å²) in [7, 11) is 0. The van der Waals surface area contributed by atoms with E-state index >= 15 is 0 Å². The van der Waals surface area contributed by atoms with Crippen LogP contribution in [0, 0.1) is 18.8 Å². The first-order valence-corrected chi connectivity index (χ1v) is 13.6. The van der Waals surface area contributed by atoms with Gasteiger partial charge < -0.3 is 4.90 Å². The van der Waals surface area contributed by atoms with Gasteiger partial charge in [0, 0.05) is 19.3 Å². The van der Waals surface area contributed by atoms with Gasteiger partial charge in [-0.25, -0.2) is 4.98 Å². The van der Waals surface area contributed by atoms with Gasteiger partial charge in [-0.15, -0.1) is 0 Å². The highest BCUT2D eigenvalue weighted by atomic mass is 32.2. The Bertz CT molecular complexity index is 1420. The van der Waals surface area contributed by atoms with Gasteiger partial charge in [-0.3, -0.25) is 18.9 Å². The molecular weight excluding hydrogens is 488 g/mol. The average Bonchev–Trinajstić information content (AvgIpc) is 3.13. The maximum Gasteiger partial charge on any atom is 0.267 e. The first-order chi connectivity index (χ1) is 17.2. The first kappa shape index (κ1) is 24.7. The summed E-state index contributed by atoms with van der Waals surface area (Å²) >= 11 is 6.87. The molecule has 0 saturated carbocycles. The van der Waals surface area contributed by atoms with E-state index in [0.29, 0.717) is 38.1 Å². The van der Waals surface area contributed by atoms with Crippen LogP contribution in [0.3, 0.4) is 0 Å². The summed E-state index contributed by atoms with van der Waals surface area (Å²) in [5.41, 5.74) is 2.84. The van der Waals surface area contributed by atoms with Gasteiger partial charge in [-0.2, -0.15) is 0 Å². The highest BCUT2D eigenvalue weighted by molar-refractivity contribution is 8.26. The molecule has 8 heteroatoms. The number of hydrogen-bond donors (Lipinski definition) is 0. The van der Waals surface area contributed by atoms with Crippen molar-refractivity contribution in [3.8, 4) is 0 Å². The number of thiocarbonyl (C=S) groups is 1. The molecule has 186 valence electrons. The number of carbonyl (C=O) groups excluding carboxylic acids is 1. The molecule has 0 unspecified atom stereocenters. The van der Waals surface area contributed by atoms with Crippen LogP contribution in [0.5, 0.6) is 0 Å². The Labute approximate surface area is 221 Å². The van der Waals surface area contributed by atoms with E-state index in [1.165, 1.54) is 11.8 Å². The van der Waals surface area contributed by atoms with E-state index in [1.54, 1.807) is 21.6 Å². The SMILES string of the molecule is Cc1ccc2nc(N3C[C@H](C)C[C@H](C)C3)c(/C=C3\SC(=S)N([C@@H](C)c4ccccc4)C3=O)c(=O)n2c1. The summed E-state index contributed by atoms with van der Waals surface area (Å²) in [5.74, 6) is 1.44. The van der Waals surface area contributed by atoms with Crippen molar-refractivity contribution in [1.82, 2.24) is 14.3 Å². The number of hydrogen-bond acceptors (Lipinski definition) is 6. The molecule has 2 fully saturated rings. The predicted molar refractivity (Wildman–Crippen MR) is 151 cm³/mol. The third kappa shape index (κ3) is 4.60. The highest BCUT2D eigenvalue weighted by Crippen LogP contribution is 2.39. The van der Waals surface area contributed by atoms with Gasteiger partial charge in [0.15, 0.2) is 0 Å². The van der Waals surface area contributed by atoms with Crippen LogP contribution in [-0.4, -0.2) is 37.6 Å². The number of amides is 1. The third-order valence-electron chi connectivity index (χ3n) is 6.92. The quantitative estimate of drug-likeness (QED) is 0.338. The summed E-state index contributed by atoms with van der Waals surface area (Å²) in [4.78, 5) is 36.6. The number of thioether (sulfide) groups is 1. The molecule has 0 aliphatic carbocycles. The van der Waals surface area contributed by atoms with E-state index in [0.717, 1.165) is 30.6 Å². The van der Waals surface area contributed by atoms with Crippen molar-refractivity contribution in [2.75, 3.05) is 18.0 Å². The van der Waals surface area contributed by atoms with Crippen LogP contribution in [0.1, 0.15) is 49.9 Å². The molecule has 0 N–H and O–H groups in total. The molecule has 0 radical (unpaired) electrons. The van der Waals surface area contributed by atoms with Crippen LogP contribution < -0.4 is 10.5 Å². The minimum atomic E-state index is -0.202. The molecule has 0 spiro atoms. The molecule has 1 aromatic carbocycles. The highest BCUT2D eigenvalue weighted by Gasteiger charge is 2.37. The van der Waals surface area contributed by atoms with Crippen LogP contribution in [0.2, 0.25) is 0 Å². The lowest BCUT2D eigenvalue weighted by molar-refractivity contribution is -0.123. The minimum Gasteiger partial charge on any atom is -0.355 e. The molecular formula is C28H30N4O2S2. The summed E-state index contributed by atoms with van der Waals surface area (Å²) in [5, 5.41) is 0. The lowest BCUT2D eigenvalue weighted by Gasteiger charge is -2.36. The summed E-state index contributed by atoms with van der Waals surface area (Å²) < 4.78 is 2.07. The zero-order valence-corrected chi connectivity index (χ0v) is 22.6. The number of anilines is 1. The van der Waals surface area contributed by atoms with E-state index in [1.807, 2.05) is 56.3 Å². The lowest BCUT2D eigenvalue weighted by Crippen LogP contribution is -2.40. The van der Waals surface area contributed by atoms with Crippen molar-refractivity contribution in [3.63, 3.8) is 0 Å². The molecule has 1 amide bonds. The maximum absolute atomic E-state index is 13.8. The van der Waals surface area contributed by atoms with E-state index in [9.17, 15) is 9.59 Å². The van der Waals surface area contributed by atoms with Gasteiger partial charge in [-0.05, 0) is 55.4 Å². The van der Waals surface area contributed by atoms with E-state index < -0.39 is 0 Å². The van der Waals surface area contributed by atoms with Crippen molar-refractivity contribution in [3.05, 3.63) is 80.6 Å². The fraction of sp³-hybridized carbons (Fsp3) is 0.357. The van der Waals surface area contributed by atoms with Crippen LogP contribution in [0.15, 0.2) is 58.4 Å². The Kier molecular flexibility index (Phi) is 6.74. The third-order valence-corrected chi connectivity index (χ3v) is 8.25. The smallest absolute Gasteiger partial charge is 0.267 e.